The third-order valence-electron chi connectivity index (χ3n) is 4.87. The summed E-state index contributed by atoms with van der Waals surface area (Å²) in [4.78, 5) is 13.8. The maximum Gasteiger partial charge on any atom is 0.222 e. The third-order valence-corrected chi connectivity index (χ3v) is 4.87. The Morgan fingerprint density at radius 1 is 1.00 bits per heavy atom. The second kappa shape index (κ2) is 6.71. The lowest BCUT2D eigenvalue weighted by atomic mass is 9.90. The number of aryl methyl sites for hydroxylation is 1. The van der Waals surface area contributed by atoms with Crippen LogP contribution in [0.4, 0.5) is 5.95 Å². The summed E-state index contributed by atoms with van der Waals surface area (Å²) in [5, 5.41) is 3.49. The number of anilines is 1. The van der Waals surface area contributed by atoms with Crippen molar-refractivity contribution in [2.75, 3.05) is 38.5 Å². The van der Waals surface area contributed by atoms with Gasteiger partial charge in [-0.05, 0) is 45.2 Å². The molecular formula is C16H27N5. The second-order valence-electron chi connectivity index (χ2n) is 6.57. The Bertz CT molecular complexity index is 430. The van der Waals surface area contributed by atoms with Crippen molar-refractivity contribution in [1.29, 1.82) is 0 Å². The average molecular weight is 289 g/mol. The number of aromatic nitrogens is 2. The van der Waals surface area contributed by atoms with E-state index in [1.54, 1.807) is 0 Å². The molecule has 1 saturated carbocycles. The fraction of sp³-hybridized carbons (Fsp3) is 0.750. The Hall–Kier alpha value is -1.20. The number of rotatable bonds is 3. The minimum atomic E-state index is 0.538. The van der Waals surface area contributed by atoms with Gasteiger partial charge in [0, 0.05) is 50.7 Å². The number of hydrogen-bond acceptors (Lipinski definition) is 5. The highest BCUT2D eigenvalue weighted by molar-refractivity contribution is 5.26. The predicted octanol–water partition coefficient (Wildman–Crippen LogP) is 1.76. The fourth-order valence-corrected chi connectivity index (χ4v) is 3.42. The highest BCUT2D eigenvalue weighted by Gasteiger charge is 2.27. The molecule has 0 radical (unpaired) electrons. The SMILES string of the molecule is Cc1cnc(NC2CCC(N3CCN(C)CC3)CC2)nc1. The number of likely N-dealkylation sites (N-methyl/N-ethyl adjacent to an activating group) is 1. The Morgan fingerprint density at radius 3 is 2.24 bits per heavy atom. The zero-order chi connectivity index (χ0) is 14.7. The van der Waals surface area contributed by atoms with Crippen LogP contribution < -0.4 is 5.32 Å². The van der Waals surface area contributed by atoms with Gasteiger partial charge >= 0.3 is 0 Å². The van der Waals surface area contributed by atoms with Crippen LogP contribution in [0.2, 0.25) is 0 Å². The molecule has 0 spiro atoms. The van der Waals surface area contributed by atoms with Crippen LogP contribution >= 0.6 is 0 Å². The molecule has 2 heterocycles. The van der Waals surface area contributed by atoms with Gasteiger partial charge in [0.15, 0.2) is 0 Å². The zero-order valence-electron chi connectivity index (χ0n) is 13.3. The Labute approximate surface area is 127 Å². The summed E-state index contributed by atoms with van der Waals surface area (Å²) in [5.41, 5.74) is 1.11. The van der Waals surface area contributed by atoms with Gasteiger partial charge in [-0.3, -0.25) is 4.90 Å². The lowest BCUT2D eigenvalue weighted by Crippen LogP contribution is -2.50. The van der Waals surface area contributed by atoms with Gasteiger partial charge in [0.25, 0.3) is 0 Å². The number of nitrogens with one attached hydrogen (secondary N) is 1. The molecule has 0 amide bonds. The summed E-state index contributed by atoms with van der Waals surface area (Å²) in [7, 11) is 2.22. The van der Waals surface area contributed by atoms with Crippen LogP contribution in [-0.4, -0.2) is 65.1 Å². The summed E-state index contributed by atoms with van der Waals surface area (Å²) in [6.07, 6.45) is 8.82. The van der Waals surface area contributed by atoms with E-state index in [-0.39, 0.29) is 0 Å². The lowest BCUT2D eigenvalue weighted by molar-refractivity contribution is 0.0894. The number of nitrogens with zero attached hydrogens (tertiary/aromatic N) is 4. The molecule has 2 fully saturated rings. The molecule has 1 aromatic heterocycles. The normalized spacial score (nSPS) is 28.5. The van der Waals surface area contributed by atoms with Crippen molar-refractivity contribution >= 4 is 5.95 Å². The van der Waals surface area contributed by atoms with E-state index in [0.717, 1.165) is 17.6 Å². The van der Waals surface area contributed by atoms with Crippen molar-refractivity contribution < 1.29 is 0 Å². The molecule has 0 atom stereocenters. The van der Waals surface area contributed by atoms with Crippen LogP contribution in [-0.2, 0) is 0 Å². The average Bonchev–Trinajstić information content (AvgIpc) is 2.51. The van der Waals surface area contributed by atoms with E-state index in [0.29, 0.717) is 6.04 Å². The monoisotopic (exact) mass is 289 g/mol. The van der Waals surface area contributed by atoms with Gasteiger partial charge in [0.1, 0.15) is 0 Å². The quantitative estimate of drug-likeness (QED) is 0.918. The maximum absolute atomic E-state index is 4.35. The molecule has 2 aliphatic rings. The molecule has 116 valence electrons. The van der Waals surface area contributed by atoms with E-state index in [1.807, 2.05) is 19.3 Å². The molecule has 1 N–H and O–H groups in total. The van der Waals surface area contributed by atoms with Gasteiger partial charge < -0.3 is 10.2 Å². The summed E-state index contributed by atoms with van der Waals surface area (Å²) >= 11 is 0. The third kappa shape index (κ3) is 3.92. The van der Waals surface area contributed by atoms with E-state index < -0.39 is 0 Å². The largest absolute Gasteiger partial charge is 0.351 e. The molecule has 1 aromatic rings. The van der Waals surface area contributed by atoms with Crippen molar-refractivity contribution in [3.63, 3.8) is 0 Å². The van der Waals surface area contributed by atoms with Crippen LogP contribution in [0.5, 0.6) is 0 Å². The Kier molecular flexibility index (Phi) is 4.70. The smallest absolute Gasteiger partial charge is 0.222 e. The molecule has 21 heavy (non-hydrogen) atoms. The molecule has 1 saturated heterocycles. The molecule has 1 aliphatic heterocycles. The van der Waals surface area contributed by atoms with Crippen LogP contribution in [0.1, 0.15) is 31.2 Å². The van der Waals surface area contributed by atoms with Gasteiger partial charge in [-0.2, -0.15) is 0 Å². The first-order chi connectivity index (χ1) is 10.2. The van der Waals surface area contributed by atoms with E-state index >= 15 is 0 Å². The summed E-state index contributed by atoms with van der Waals surface area (Å²) in [5.74, 6) is 0.781. The molecule has 0 aromatic carbocycles. The molecule has 5 heteroatoms. The van der Waals surface area contributed by atoms with Crippen molar-refractivity contribution in [2.45, 2.75) is 44.7 Å². The van der Waals surface area contributed by atoms with Crippen molar-refractivity contribution in [3.8, 4) is 0 Å². The standard InChI is InChI=1S/C16H27N5/c1-13-11-17-16(18-12-13)19-14-3-5-15(6-4-14)21-9-7-20(2)8-10-21/h11-12,14-15H,3-10H2,1-2H3,(H,17,18,19). The highest BCUT2D eigenvalue weighted by atomic mass is 15.3. The second-order valence-corrected chi connectivity index (χ2v) is 6.57. The molecule has 0 bridgehead atoms. The first-order valence-corrected chi connectivity index (χ1v) is 8.18. The minimum absolute atomic E-state index is 0.538. The van der Waals surface area contributed by atoms with E-state index in [1.165, 1.54) is 51.9 Å². The first-order valence-electron chi connectivity index (χ1n) is 8.18. The fourth-order valence-electron chi connectivity index (χ4n) is 3.42. The van der Waals surface area contributed by atoms with Crippen molar-refractivity contribution in [2.24, 2.45) is 0 Å². The summed E-state index contributed by atoms with van der Waals surface area (Å²) in [6, 6.07) is 1.33. The topological polar surface area (TPSA) is 44.3 Å². The number of hydrogen-bond donors (Lipinski definition) is 1. The van der Waals surface area contributed by atoms with Gasteiger partial charge in [-0.1, -0.05) is 0 Å². The molecule has 1 aliphatic carbocycles. The van der Waals surface area contributed by atoms with E-state index in [9.17, 15) is 0 Å². The highest BCUT2D eigenvalue weighted by Crippen LogP contribution is 2.25. The molecule has 0 unspecified atom stereocenters. The van der Waals surface area contributed by atoms with Crippen molar-refractivity contribution in [3.05, 3.63) is 18.0 Å². The van der Waals surface area contributed by atoms with Crippen LogP contribution in [0.15, 0.2) is 12.4 Å². The Balaban J connectivity index is 1.45. The van der Waals surface area contributed by atoms with Crippen LogP contribution in [0.3, 0.4) is 0 Å². The summed E-state index contributed by atoms with van der Waals surface area (Å²) in [6.45, 7) is 6.93. The van der Waals surface area contributed by atoms with E-state index in [2.05, 4.69) is 32.1 Å². The summed E-state index contributed by atoms with van der Waals surface area (Å²) < 4.78 is 0. The molecule has 3 rings (SSSR count). The molecular weight excluding hydrogens is 262 g/mol. The van der Waals surface area contributed by atoms with Crippen LogP contribution in [0.25, 0.3) is 0 Å². The first kappa shape index (κ1) is 14.7. The van der Waals surface area contributed by atoms with E-state index in [4.69, 9.17) is 0 Å². The van der Waals surface area contributed by atoms with Gasteiger partial charge in [-0.15, -0.1) is 0 Å². The van der Waals surface area contributed by atoms with Crippen LogP contribution in [0, 0.1) is 6.92 Å². The predicted molar refractivity (Wildman–Crippen MR) is 85.5 cm³/mol. The maximum atomic E-state index is 4.35. The minimum Gasteiger partial charge on any atom is -0.351 e. The lowest BCUT2D eigenvalue weighted by Gasteiger charge is -2.41. The Morgan fingerprint density at radius 2 is 1.62 bits per heavy atom. The van der Waals surface area contributed by atoms with Gasteiger partial charge in [0.05, 0.1) is 0 Å². The zero-order valence-corrected chi connectivity index (χ0v) is 13.3. The van der Waals surface area contributed by atoms with Crippen molar-refractivity contribution in [1.82, 2.24) is 19.8 Å². The van der Waals surface area contributed by atoms with Gasteiger partial charge in [0.2, 0.25) is 5.95 Å². The van der Waals surface area contributed by atoms with Gasteiger partial charge in [-0.25, -0.2) is 9.97 Å². The molecule has 5 nitrogen and oxygen atoms in total. The number of piperazine rings is 1.